The number of aliphatic hydroxyl groups excluding tert-OH is 3. The molecule has 0 aromatic rings. The fourth-order valence-electron chi connectivity index (χ4n) is 1.40. The van der Waals surface area contributed by atoms with Crippen LogP contribution in [0.2, 0.25) is 0 Å². The Kier molecular flexibility index (Phi) is 5.26. The van der Waals surface area contributed by atoms with Gasteiger partial charge in [0.05, 0.1) is 19.8 Å². The van der Waals surface area contributed by atoms with Gasteiger partial charge in [-0.1, -0.05) is 0 Å². The number of nitrogens with one attached hydrogen (secondary N) is 1. The van der Waals surface area contributed by atoms with Crippen molar-refractivity contribution in [2.75, 3.05) is 33.4 Å². The first-order chi connectivity index (χ1) is 7.24. The van der Waals surface area contributed by atoms with Gasteiger partial charge in [-0.3, -0.25) is 4.55 Å². The van der Waals surface area contributed by atoms with Gasteiger partial charge < -0.3 is 25.7 Å². The summed E-state index contributed by atoms with van der Waals surface area (Å²) in [6, 6.07) is 0. The van der Waals surface area contributed by atoms with E-state index in [0.29, 0.717) is 0 Å². The van der Waals surface area contributed by atoms with Gasteiger partial charge in [-0.2, -0.15) is 8.42 Å². The molecule has 16 heavy (non-hydrogen) atoms. The van der Waals surface area contributed by atoms with E-state index in [9.17, 15) is 13.5 Å². The molecular formula is C7H17NO7S. The van der Waals surface area contributed by atoms with Crippen LogP contribution in [0.5, 0.6) is 0 Å². The van der Waals surface area contributed by atoms with Crippen molar-refractivity contribution < 1.29 is 33.4 Å². The van der Waals surface area contributed by atoms with E-state index in [2.05, 4.69) is 5.32 Å². The first-order valence-corrected chi connectivity index (χ1v) is 5.85. The first-order valence-electron chi connectivity index (χ1n) is 4.41. The third-order valence-corrected chi connectivity index (χ3v) is 4.21. The van der Waals surface area contributed by atoms with Gasteiger partial charge in [0.2, 0.25) is 0 Å². The summed E-state index contributed by atoms with van der Waals surface area (Å²) >= 11 is 0. The SMILES string of the molecule is CNCC(O)(CO)C(CO)(CO)S(=O)(=O)O. The minimum absolute atomic E-state index is 0.440. The molecule has 0 aliphatic rings. The second-order valence-electron chi connectivity index (χ2n) is 3.51. The standard InChI is InChI=1S/C7H17NO7S/c1-8-2-6(12,3-9)7(4-10,5-11)16(13,14)15/h8-12H,2-5H2,1H3,(H,13,14,15). The molecule has 8 nitrogen and oxygen atoms in total. The van der Waals surface area contributed by atoms with E-state index in [-0.39, 0.29) is 0 Å². The molecule has 0 amide bonds. The van der Waals surface area contributed by atoms with Crippen molar-refractivity contribution in [2.24, 2.45) is 0 Å². The molecule has 98 valence electrons. The van der Waals surface area contributed by atoms with Crippen LogP contribution >= 0.6 is 0 Å². The zero-order chi connectivity index (χ0) is 13.0. The van der Waals surface area contributed by atoms with Crippen LogP contribution < -0.4 is 5.32 Å². The molecular weight excluding hydrogens is 242 g/mol. The summed E-state index contributed by atoms with van der Waals surface area (Å²) in [5, 5.41) is 39.3. The lowest BCUT2D eigenvalue weighted by molar-refractivity contribution is -0.0772. The van der Waals surface area contributed by atoms with Gasteiger partial charge in [0, 0.05) is 6.54 Å². The largest absolute Gasteiger partial charge is 0.394 e. The van der Waals surface area contributed by atoms with Crippen LogP contribution in [0.3, 0.4) is 0 Å². The second-order valence-corrected chi connectivity index (χ2v) is 5.24. The van der Waals surface area contributed by atoms with Crippen LogP contribution in [0.25, 0.3) is 0 Å². The summed E-state index contributed by atoms with van der Waals surface area (Å²) in [4.78, 5) is 0. The number of likely N-dealkylation sites (N-methyl/N-ethyl adjacent to an activating group) is 1. The highest BCUT2D eigenvalue weighted by atomic mass is 32.2. The lowest BCUT2D eigenvalue weighted by Crippen LogP contribution is -2.68. The minimum Gasteiger partial charge on any atom is -0.394 e. The van der Waals surface area contributed by atoms with Crippen LogP contribution in [0, 0.1) is 0 Å². The molecule has 0 saturated heterocycles. The van der Waals surface area contributed by atoms with E-state index >= 15 is 0 Å². The van der Waals surface area contributed by atoms with E-state index < -0.39 is 46.8 Å². The third kappa shape index (κ3) is 2.35. The predicted octanol–water partition coefficient (Wildman–Crippen LogP) is -3.46. The zero-order valence-electron chi connectivity index (χ0n) is 8.79. The highest BCUT2D eigenvalue weighted by molar-refractivity contribution is 7.87. The summed E-state index contributed by atoms with van der Waals surface area (Å²) in [7, 11) is -3.60. The fourth-order valence-corrected chi connectivity index (χ4v) is 2.34. The first kappa shape index (κ1) is 15.7. The maximum atomic E-state index is 11.1. The van der Waals surface area contributed by atoms with E-state index in [1.807, 2.05) is 0 Å². The number of aliphatic hydroxyl groups is 4. The van der Waals surface area contributed by atoms with Crippen molar-refractivity contribution in [3.8, 4) is 0 Å². The molecule has 0 aliphatic heterocycles. The monoisotopic (exact) mass is 259 g/mol. The van der Waals surface area contributed by atoms with Gasteiger partial charge in [0.1, 0.15) is 5.60 Å². The third-order valence-electron chi connectivity index (χ3n) is 2.58. The maximum Gasteiger partial charge on any atom is 0.278 e. The van der Waals surface area contributed by atoms with E-state index in [1.54, 1.807) is 0 Å². The molecule has 1 unspecified atom stereocenters. The Hall–Kier alpha value is -0.290. The van der Waals surface area contributed by atoms with Crippen molar-refractivity contribution in [1.82, 2.24) is 5.32 Å². The Morgan fingerprint density at radius 1 is 1.12 bits per heavy atom. The molecule has 0 rings (SSSR count). The van der Waals surface area contributed by atoms with Crippen molar-refractivity contribution >= 4 is 10.1 Å². The normalized spacial score (nSPS) is 17.1. The molecule has 0 aliphatic carbocycles. The van der Waals surface area contributed by atoms with Gasteiger partial charge in [0.25, 0.3) is 10.1 Å². The average Bonchev–Trinajstić information content (AvgIpc) is 2.18. The lowest BCUT2D eigenvalue weighted by Gasteiger charge is -2.41. The van der Waals surface area contributed by atoms with Crippen LogP contribution in [0.4, 0.5) is 0 Å². The van der Waals surface area contributed by atoms with Crippen LogP contribution in [-0.2, 0) is 10.1 Å². The topological polar surface area (TPSA) is 147 Å². The van der Waals surface area contributed by atoms with Crippen molar-refractivity contribution in [2.45, 2.75) is 10.3 Å². The summed E-state index contributed by atoms with van der Waals surface area (Å²) in [5.74, 6) is 0. The molecule has 0 fully saturated rings. The van der Waals surface area contributed by atoms with Crippen LogP contribution in [-0.4, -0.2) is 77.2 Å². The summed E-state index contributed by atoms with van der Waals surface area (Å²) in [6.07, 6.45) is 0. The smallest absolute Gasteiger partial charge is 0.278 e. The minimum atomic E-state index is -4.97. The highest BCUT2D eigenvalue weighted by Crippen LogP contribution is 2.29. The molecule has 0 heterocycles. The lowest BCUT2D eigenvalue weighted by atomic mass is 9.88. The van der Waals surface area contributed by atoms with Gasteiger partial charge in [-0.25, -0.2) is 0 Å². The molecule has 0 bridgehead atoms. The number of hydrogen-bond donors (Lipinski definition) is 6. The fraction of sp³-hybridized carbons (Fsp3) is 1.00. The van der Waals surface area contributed by atoms with Crippen LogP contribution in [0.15, 0.2) is 0 Å². The second kappa shape index (κ2) is 5.36. The number of rotatable bonds is 7. The van der Waals surface area contributed by atoms with Crippen molar-refractivity contribution in [1.29, 1.82) is 0 Å². The summed E-state index contributed by atoms with van der Waals surface area (Å²) < 4.78 is 28.6. The molecule has 0 aromatic carbocycles. The molecule has 0 radical (unpaired) electrons. The predicted molar refractivity (Wildman–Crippen MR) is 54.4 cm³/mol. The highest BCUT2D eigenvalue weighted by Gasteiger charge is 2.58. The molecule has 9 heteroatoms. The van der Waals surface area contributed by atoms with E-state index in [0.717, 1.165) is 0 Å². The molecule has 1 atom stereocenters. The Balaban J connectivity index is 5.66. The Bertz CT molecular complexity index is 313. The Morgan fingerprint density at radius 2 is 1.56 bits per heavy atom. The molecule has 0 aromatic heterocycles. The molecule has 0 spiro atoms. The Labute approximate surface area is 93.3 Å². The summed E-state index contributed by atoms with van der Waals surface area (Å²) in [5.41, 5.74) is -2.40. The quantitative estimate of drug-likeness (QED) is 0.258. The average molecular weight is 259 g/mol. The van der Waals surface area contributed by atoms with Gasteiger partial charge >= 0.3 is 0 Å². The molecule has 6 N–H and O–H groups in total. The van der Waals surface area contributed by atoms with E-state index in [4.69, 9.17) is 19.9 Å². The number of hydrogen-bond acceptors (Lipinski definition) is 7. The zero-order valence-corrected chi connectivity index (χ0v) is 9.61. The van der Waals surface area contributed by atoms with Crippen molar-refractivity contribution in [3.05, 3.63) is 0 Å². The summed E-state index contributed by atoms with van der Waals surface area (Å²) in [6.45, 7) is -3.97. The van der Waals surface area contributed by atoms with Crippen molar-refractivity contribution in [3.63, 3.8) is 0 Å². The van der Waals surface area contributed by atoms with Crippen LogP contribution in [0.1, 0.15) is 0 Å². The van der Waals surface area contributed by atoms with E-state index in [1.165, 1.54) is 7.05 Å². The van der Waals surface area contributed by atoms with Gasteiger partial charge in [0.15, 0.2) is 4.75 Å². The maximum absolute atomic E-state index is 11.1. The Morgan fingerprint density at radius 3 is 1.75 bits per heavy atom. The van der Waals surface area contributed by atoms with Gasteiger partial charge in [-0.15, -0.1) is 0 Å². The molecule has 0 saturated carbocycles. The van der Waals surface area contributed by atoms with Gasteiger partial charge in [-0.05, 0) is 7.05 Å².